The Labute approximate surface area is 154 Å². The average molecular weight is 358 g/mol. The number of nitrogens with zero attached hydrogens (tertiary/aromatic N) is 2. The first kappa shape index (κ1) is 17.6. The molecule has 0 spiro atoms. The van der Waals surface area contributed by atoms with E-state index in [1.165, 1.54) is 5.56 Å². The summed E-state index contributed by atoms with van der Waals surface area (Å²) in [4.78, 5) is 16.5. The van der Waals surface area contributed by atoms with E-state index in [0.29, 0.717) is 6.54 Å². The number of urea groups is 1. The van der Waals surface area contributed by atoms with Crippen molar-refractivity contribution in [1.82, 2.24) is 10.2 Å². The summed E-state index contributed by atoms with van der Waals surface area (Å²) in [7, 11) is 0. The zero-order valence-electron chi connectivity index (χ0n) is 14.3. The molecule has 2 aromatic rings. The minimum Gasteiger partial charge on any atom is -0.368 e. The highest BCUT2D eigenvalue weighted by Gasteiger charge is 2.20. The molecule has 0 aromatic heterocycles. The number of amides is 2. The predicted molar refractivity (Wildman–Crippen MR) is 103 cm³/mol. The van der Waals surface area contributed by atoms with Crippen molar-refractivity contribution >= 4 is 23.3 Å². The Morgan fingerprint density at radius 2 is 1.64 bits per heavy atom. The van der Waals surface area contributed by atoms with Crippen LogP contribution >= 0.6 is 11.6 Å². The van der Waals surface area contributed by atoms with Crippen LogP contribution in [0.5, 0.6) is 0 Å². The van der Waals surface area contributed by atoms with Gasteiger partial charge in [0.1, 0.15) is 0 Å². The summed E-state index contributed by atoms with van der Waals surface area (Å²) in [6.07, 6.45) is 1.95. The fourth-order valence-electron chi connectivity index (χ4n) is 3.06. The zero-order chi connectivity index (χ0) is 17.5. The summed E-state index contributed by atoms with van der Waals surface area (Å²) in [6, 6.07) is 18.3. The molecule has 1 heterocycles. The van der Waals surface area contributed by atoms with Crippen molar-refractivity contribution in [1.29, 1.82) is 0 Å². The van der Waals surface area contributed by atoms with Gasteiger partial charge in [-0.05, 0) is 42.7 Å². The van der Waals surface area contributed by atoms with E-state index in [2.05, 4.69) is 22.3 Å². The Morgan fingerprint density at radius 3 is 2.32 bits per heavy atom. The second-order valence-corrected chi connectivity index (χ2v) is 6.71. The fourth-order valence-corrected chi connectivity index (χ4v) is 3.19. The molecule has 2 amide bonds. The van der Waals surface area contributed by atoms with Crippen molar-refractivity contribution in [3.63, 3.8) is 0 Å². The summed E-state index contributed by atoms with van der Waals surface area (Å²) in [5, 5.41) is 3.78. The van der Waals surface area contributed by atoms with Crippen LogP contribution in [0.2, 0.25) is 5.02 Å². The van der Waals surface area contributed by atoms with Gasteiger partial charge in [-0.1, -0.05) is 41.9 Å². The lowest BCUT2D eigenvalue weighted by Crippen LogP contribution is -2.52. The molecule has 1 fully saturated rings. The largest absolute Gasteiger partial charge is 0.368 e. The zero-order valence-corrected chi connectivity index (χ0v) is 15.1. The molecular formula is C20H24ClN3O. The molecule has 4 nitrogen and oxygen atoms in total. The van der Waals surface area contributed by atoms with Gasteiger partial charge in [0, 0.05) is 43.4 Å². The summed E-state index contributed by atoms with van der Waals surface area (Å²) >= 11 is 5.94. The van der Waals surface area contributed by atoms with Crippen LogP contribution in [0.1, 0.15) is 12.0 Å². The number of benzene rings is 2. The number of halogens is 1. The lowest BCUT2D eigenvalue weighted by Gasteiger charge is -2.36. The number of hydrogen-bond donors (Lipinski definition) is 1. The van der Waals surface area contributed by atoms with E-state index in [1.807, 2.05) is 47.4 Å². The van der Waals surface area contributed by atoms with Gasteiger partial charge >= 0.3 is 6.03 Å². The molecule has 0 unspecified atom stereocenters. The fraction of sp³-hybridized carbons (Fsp3) is 0.350. The van der Waals surface area contributed by atoms with Gasteiger partial charge in [0.15, 0.2) is 0 Å². The predicted octanol–water partition coefficient (Wildman–Crippen LogP) is 3.80. The first-order valence-electron chi connectivity index (χ1n) is 8.79. The van der Waals surface area contributed by atoms with E-state index in [1.54, 1.807) is 0 Å². The normalized spacial score (nSPS) is 14.4. The molecule has 1 aliphatic rings. The van der Waals surface area contributed by atoms with Crippen LogP contribution in [-0.2, 0) is 6.42 Å². The van der Waals surface area contributed by atoms with Crippen LogP contribution in [-0.4, -0.2) is 43.7 Å². The third-order valence-electron chi connectivity index (χ3n) is 4.52. The second kappa shape index (κ2) is 8.77. The topological polar surface area (TPSA) is 35.6 Å². The van der Waals surface area contributed by atoms with Gasteiger partial charge in [0.05, 0.1) is 0 Å². The lowest BCUT2D eigenvalue weighted by atomic mass is 10.1. The maximum Gasteiger partial charge on any atom is 0.317 e. The maximum absolute atomic E-state index is 12.3. The van der Waals surface area contributed by atoms with Gasteiger partial charge < -0.3 is 15.1 Å². The highest BCUT2D eigenvalue weighted by molar-refractivity contribution is 6.30. The second-order valence-electron chi connectivity index (χ2n) is 6.27. The highest BCUT2D eigenvalue weighted by atomic mass is 35.5. The molecule has 1 saturated heterocycles. The van der Waals surface area contributed by atoms with E-state index in [4.69, 9.17) is 11.6 Å². The van der Waals surface area contributed by atoms with Gasteiger partial charge in [0.2, 0.25) is 0 Å². The SMILES string of the molecule is O=C(NCCCc1ccccc1)N1CCN(c2ccc(Cl)cc2)CC1. The van der Waals surface area contributed by atoms with E-state index < -0.39 is 0 Å². The molecule has 1 aliphatic heterocycles. The Balaban J connectivity index is 1.37. The Kier molecular flexibility index (Phi) is 6.18. The number of carbonyl (C=O) groups excluding carboxylic acids is 1. The quantitative estimate of drug-likeness (QED) is 0.826. The number of nitrogens with one attached hydrogen (secondary N) is 1. The number of piperazine rings is 1. The van der Waals surface area contributed by atoms with Crippen LogP contribution in [0.15, 0.2) is 54.6 Å². The molecule has 132 valence electrons. The van der Waals surface area contributed by atoms with E-state index >= 15 is 0 Å². The Hall–Kier alpha value is -2.20. The summed E-state index contributed by atoms with van der Waals surface area (Å²) in [5.74, 6) is 0. The third-order valence-corrected chi connectivity index (χ3v) is 4.77. The van der Waals surface area contributed by atoms with Crippen LogP contribution in [0, 0.1) is 0 Å². The van der Waals surface area contributed by atoms with Crippen molar-refractivity contribution in [3.8, 4) is 0 Å². The molecule has 25 heavy (non-hydrogen) atoms. The summed E-state index contributed by atoms with van der Waals surface area (Å²) in [5.41, 5.74) is 2.47. The van der Waals surface area contributed by atoms with Crippen molar-refractivity contribution in [2.24, 2.45) is 0 Å². The first-order chi connectivity index (χ1) is 12.2. The minimum absolute atomic E-state index is 0.0452. The average Bonchev–Trinajstić information content (AvgIpc) is 2.67. The van der Waals surface area contributed by atoms with Crippen LogP contribution in [0.4, 0.5) is 10.5 Å². The van der Waals surface area contributed by atoms with Crippen LogP contribution < -0.4 is 10.2 Å². The monoisotopic (exact) mass is 357 g/mol. The molecule has 0 aliphatic carbocycles. The Bertz CT molecular complexity index is 667. The number of carbonyl (C=O) groups is 1. The van der Waals surface area contributed by atoms with E-state index in [0.717, 1.165) is 49.7 Å². The third kappa shape index (κ3) is 5.13. The summed E-state index contributed by atoms with van der Waals surface area (Å²) < 4.78 is 0. The molecule has 2 aromatic carbocycles. The van der Waals surface area contributed by atoms with Crippen LogP contribution in [0.3, 0.4) is 0 Å². The molecule has 5 heteroatoms. The standard InChI is InChI=1S/C20H24ClN3O/c21-18-8-10-19(11-9-18)23-13-15-24(16-14-23)20(25)22-12-4-7-17-5-2-1-3-6-17/h1-3,5-6,8-11H,4,7,12-16H2,(H,22,25). The maximum atomic E-state index is 12.3. The van der Waals surface area contributed by atoms with Crippen molar-refractivity contribution in [2.75, 3.05) is 37.6 Å². The van der Waals surface area contributed by atoms with Gasteiger partial charge in [-0.15, -0.1) is 0 Å². The number of anilines is 1. The van der Waals surface area contributed by atoms with Gasteiger partial charge in [0.25, 0.3) is 0 Å². The molecule has 0 atom stereocenters. The van der Waals surface area contributed by atoms with E-state index in [-0.39, 0.29) is 6.03 Å². The lowest BCUT2D eigenvalue weighted by molar-refractivity contribution is 0.194. The number of rotatable bonds is 5. The molecule has 0 saturated carbocycles. The van der Waals surface area contributed by atoms with Gasteiger partial charge in [-0.25, -0.2) is 4.79 Å². The van der Waals surface area contributed by atoms with Crippen molar-refractivity contribution < 1.29 is 4.79 Å². The molecule has 0 bridgehead atoms. The van der Waals surface area contributed by atoms with Gasteiger partial charge in [-0.3, -0.25) is 0 Å². The van der Waals surface area contributed by atoms with Crippen molar-refractivity contribution in [2.45, 2.75) is 12.8 Å². The smallest absolute Gasteiger partial charge is 0.317 e. The number of aryl methyl sites for hydroxylation is 1. The Morgan fingerprint density at radius 1 is 0.960 bits per heavy atom. The highest BCUT2D eigenvalue weighted by Crippen LogP contribution is 2.19. The number of hydrogen-bond acceptors (Lipinski definition) is 2. The van der Waals surface area contributed by atoms with Crippen molar-refractivity contribution in [3.05, 3.63) is 65.2 Å². The van der Waals surface area contributed by atoms with Crippen LogP contribution in [0.25, 0.3) is 0 Å². The van der Waals surface area contributed by atoms with Gasteiger partial charge in [-0.2, -0.15) is 0 Å². The molecular weight excluding hydrogens is 334 g/mol. The van der Waals surface area contributed by atoms with E-state index in [9.17, 15) is 4.79 Å². The first-order valence-corrected chi connectivity index (χ1v) is 9.17. The minimum atomic E-state index is 0.0452. The molecule has 1 N–H and O–H groups in total. The summed E-state index contributed by atoms with van der Waals surface area (Å²) in [6.45, 7) is 3.89. The molecule has 3 rings (SSSR count). The molecule has 0 radical (unpaired) electrons.